The molecule has 0 bridgehead atoms. The number of carbonyl (C=O) groups excluding carboxylic acids is 2. The van der Waals surface area contributed by atoms with Crippen LogP contribution in [-0.4, -0.2) is 49.7 Å². The lowest BCUT2D eigenvalue weighted by Gasteiger charge is -2.33. The minimum absolute atomic E-state index is 0.0506. The van der Waals surface area contributed by atoms with E-state index in [9.17, 15) is 18.0 Å². The Hall–Kier alpha value is -2.71. The molecule has 1 unspecified atom stereocenters. The molecule has 1 aliphatic heterocycles. The zero-order valence-corrected chi connectivity index (χ0v) is 16.4. The second-order valence-corrected chi connectivity index (χ2v) is 9.05. The van der Waals surface area contributed by atoms with Crippen LogP contribution in [0.2, 0.25) is 0 Å². The highest BCUT2D eigenvalue weighted by atomic mass is 32.2. The molecule has 0 saturated carbocycles. The first kappa shape index (κ1) is 20.0. The molecule has 1 fully saturated rings. The fourth-order valence-electron chi connectivity index (χ4n) is 3.20. The average Bonchev–Trinajstić information content (AvgIpc) is 2.65. The van der Waals surface area contributed by atoms with E-state index >= 15 is 0 Å². The Bertz CT molecular complexity index is 929. The molecule has 0 spiro atoms. The Morgan fingerprint density at radius 2 is 1.43 bits per heavy atom. The quantitative estimate of drug-likeness (QED) is 0.800. The van der Waals surface area contributed by atoms with Gasteiger partial charge >= 0.3 is 0 Å². The van der Waals surface area contributed by atoms with Crippen LogP contribution in [0.3, 0.4) is 0 Å². The van der Waals surface area contributed by atoms with Gasteiger partial charge < -0.3 is 10.6 Å². The van der Waals surface area contributed by atoms with Crippen molar-refractivity contribution in [1.82, 2.24) is 4.90 Å². The van der Waals surface area contributed by atoms with Crippen LogP contribution in [-0.2, 0) is 19.4 Å². The van der Waals surface area contributed by atoms with E-state index in [2.05, 4.69) is 10.6 Å². The van der Waals surface area contributed by atoms with Crippen LogP contribution in [0.4, 0.5) is 11.4 Å². The minimum Gasteiger partial charge on any atom is -0.326 e. The van der Waals surface area contributed by atoms with Crippen molar-refractivity contribution in [3.8, 4) is 0 Å². The summed E-state index contributed by atoms with van der Waals surface area (Å²) in [6.45, 7) is 2.06. The molecule has 28 heavy (non-hydrogen) atoms. The van der Waals surface area contributed by atoms with Gasteiger partial charge in [0.25, 0.3) is 0 Å². The van der Waals surface area contributed by atoms with Crippen molar-refractivity contribution in [3.63, 3.8) is 0 Å². The number of hydrogen-bond acceptors (Lipinski definition) is 5. The topological polar surface area (TPSA) is 95.6 Å². The first-order valence-corrected chi connectivity index (χ1v) is 10.8. The summed E-state index contributed by atoms with van der Waals surface area (Å²) in [7, 11) is -3.04. The Morgan fingerprint density at radius 1 is 0.893 bits per heavy atom. The number of amides is 2. The summed E-state index contributed by atoms with van der Waals surface area (Å²) in [6.07, 6.45) is 0. The van der Waals surface area contributed by atoms with E-state index < -0.39 is 15.9 Å². The van der Waals surface area contributed by atoms with Gasteiger partial charge in [0.05, 0.1) is 11.5 Å². The highest BCUT2D eigenvalue weighted by molar-refractivity contribution is 7.91. The van der Waals surface area contributed by atoms with Gasteiger partial charge in [-0.05, 0) is 29.8 Å². The van der Waals surface area contributed by atoms with Gasteiger partial charge in [-0.3, -0.25) is 14.5 Å². The lowest BCUT2D eigenvalue weighted by molar-refractivity contribution is -0.121. The maximum atomic E-state index is 13.1. The maximum absolute atomic E-state index is 13.1. The molecular weight excluding hydrogens is 378 g/mol. The van der Waals surface area contributed by atoms with Gasteiger partial charge in [-0.1, -0.05) is 30.3 Å². The van der Waals surface area contributed by atoms with E-state index in [4.69, 9.17) is 0 Å². The number of benzene rings is 2. The molecule has 7 nitrogen and oxygen atoms in total. The van der Waals surface area contributed by atoms with Gasteiger partial charge in [-0.15, -0.1) is 0 Å². The van der Waals surface area contributed by atoms with Crippen LogP contribution < -0.4 is 10.6 Å². The molecule has 2 amide bonds. The summed E-state index contributed by atoms with van der Waals surface area (Å²) in [5, 5.41) is 5.57. The molecule has 0 aliphatic carbocycles. The van der Waals surface area contributed by atoms with Crippen molar-refractivity contribution < 1.29 is 18.0 Å². The standard InChI is InChI=1S/C20H23N3O4S/c1-15(24)21-17-7-9-18(10-8-17)22-20(25)19(16-5-3-2-4-6-16)23-11-13-28(26,27)14-12-23/h2-10,19H,11-14H2,1H3,(H,21,24)(H,22,25). The Kier molecular flexibility index (Phi) is 6.11. The summed E-state index contributed by atoms with van der Waals surface area (Å²) in [5.74, 6) is -0.289. The van der Waals surface area contributed by atoms with Crippen molar-refractivity contribution in [2.75, 3.05) is 35.2 Å². The number of nitrogens with zero attached hydrogens (tertiary/aromatic N) is 1. The Morgan fingerprint density at radius 3 is 1.96 bits per heavy atom. The normalized spacial score (nSPS) is 17.5. The summed E-state index contributed by atoms with van der Waals surface area (Å²) in [4.78, 5) is 26.1. The number of carbonyl (C=O) groups is 2. The number of sulfone groups is 1. The summed E-state index contributed by atoms with van der Waals surface area (Å²) < 4.78 is 23.5. The van der Waals surface area contributed by atoms with Crippen molar-refractivity contribution in [2.24, 2.45) is 0 Å². The van der Waals surface area contributed by atoms with E-state index in [1.165, 1.54) is 6.92 Å². The third-order valence-corrected chi connectivity index (χ3v) is 6.19. The molecule has 1 aliphatic rings. The van der Waals surface area contributed by atoms with Gasteiger partial charge in [-0.2, -0.15) is 0 Å². The predicted octanol–water partition coefficient (Wildman–Crippen LogP) is 2.06. The van der Waals surface area contributed by atoms with Crippen LogP contribution in [0.1, 0.15) is 18.5 Å². The van der Waals surface area contributed by atoms with E-state index in [1.807, 2.05) is 35.2 Å². The van der Waals surface area contributed by atoms with Crippen LogP contribution in [0, 0.1) is 0 Å². The van der Waals surface area contributed by atoms with Crippen LogP contribution >= 0.6 is 0 Å². The van der Waals surface area contributed by atoms with Crippen molar-refractivity contribution in [2.45, 2.75) is 13.0 Å². The summed E-state index contributed by atoms with van der Waals surface area (Å²) >= 11 is 0. The second kappa shape index (κ2) is 8.53. The monoisotopic (exact) mass is 401 g/mol. The SMILES string of the molecule is CC(=O)Nc1ccc(NC(=O)C(c2ccccc2)N2CCS(=O)(=O)CC2)cc1. The molecule has 148 valence electrons. The molecule has 2 aromatic carbocycles. The largest absolute Gasteiger partial charge is 0.326 e. The molecule has 2 N–H and O–H groups in total. The molecule has 3 rings (SSSR count). The highest BCUT2D eigenvalue weighted by Gasteiger charge is 2.32. The molecule has 1 atom stereocenters. The fraction of sp³-hybridized carbons (Fsp3) is 0.300. The first-order valence-electron chi connectivity index (χ1n) is 9.02. The van der Waals surface area contributed by atoms with Gasteiger partial charge in [0.2, 0.25) is 11.8 Å². The fourth-order valence-corrected chi connectivity index (χ4v) is 4.43. The van der Waals surface area contributed by atoms with Gasteiger partial charge in [-0.25, -0.2) is 8.42 Å². The first-order chi connectivity index (χ1) is 13.3. The third kappa shape index (κ3) is 5.17. The Balaban J connectivity index is 1.78. The predicted molar refractivity (Wildman–Crippen MR) is 109 cm³/mol. The molecular formula is C20H23N3O4S. The number of nitrogens with one attached hydrogen (secondary N) is 2. The van der Waals surface area contributed by atoms with Gasteiger partial charge in [0.15, 0.2) is 9.84 Å². The van der Waals surface area contributed by atoms with E-state index in [-0.39, 0.29) is 23.3 Å². The van der Waals surface area contributed by atoms with Crippen LogP contribution in [0.5, 0.6) is 0 Å². The van der Waals surface area contributed by atoms with Gasteiger partial charge in [0.1, 0.15) is 6.04 Å². The summed E-state index contributed by atoms with van der Waals surface area (Å²) in [5.41, 5.74) is 2.06. The number of hydrogen-bond donors (Lipinski definition) is 2. The minimum atomic E-state index is -3.04. The zero-order valence-electron chi connectivity index (χ0n) is 15.6. The van der Waals surface area contributed by atoms with Gasteiger partial charge in [0, 0.05) is 31.4 Å². The molecule has 1 saturated heterocycles. The zero-order chi connectivity index (χ0) is 20.1. The molecule has 8 heteroatoms. The van der Waals surface area contributed by atoms with Crippen molar-refractivity contribution in [3.05, 3.63) is 60.2 Å². The number of rotatable bonds is 5. The number of anilines is 2. The third-order valence-electron chi connectivity index (χ3n) is 4.58. The lowest BCUT2D eigenvalue weighted by Crippen LogP contribution is -2.46. The van der Waals surface area contributed by atoms with E-state index in [0.717, 1.165) is 5.56 Å². The van der Waals surface area contributed by atoms with Crippen LogP contribution in [0.15, 0.2) is 54.6 Å². The average molecular weight is 401 g/mol. The van der Waals surface area contributed by atoms with E-state index in [0.29, 0.717) is 24.5 Å². The highest BCUT2D eigenvalue weighted by Crippen LogP contribution is 2.25. The summed E-state index contributed by atoms with van der Waals surface area (Å²) in [6, 6.07) is 15.6. The van der Waals surface area contributed by atoms with E-state index in [1.54, 1.807) is 24.3 Å². The van der Waals surface area contributed by atoms with Crippen molar-refractivity contribution in [1.29, 1.82) is 0 Å². The van der Waals surface area contributed by atoms with Crippen LogP contribution in [0.25, 0.3) is 0 Å². The van der Waals surface area contributed by atoms with Crippen molar-refractivity contribution >= 4 is 33.0 Å². The molecule has 0 radical (unpaired) electrons. The maximum Gasteiger partial charge on any atom is 0.246 e. The lowest BCUT2D eigenvalue weighted by atomic mass is 10.0. The molecule has 2 aromatic rings. The smallest absolute Gasteiger partial charge is 0.246 e. The molecule has 1 heterocycles. The second-order valence-electron chi connectivity index (χ2n) is 6.75. The Labute approximate surface area is 164 Å². The molecule has 0 aromatic heterocycles.